The van der Waals surface area contributed by atoms with E-state index in [2.05, 4.69) is 22.3 Å². The predicted molar refractivity (Wildman–Crippen MR) is 142 cm³/mol. The molecule has 7 heteroatoms. The van der Waals surface area contributed by atoms with Gasteiger partial charge in [-0.25, -0.2) is 9.37 Å². The molecule has 0 bridgehead atoms. The summed E-state index contributed by atoms with van der Waals surface area (Å²) in [5, 5.41) is 3.41. The van der Waals surface area contributed by atoms with E-state index < -0.39 is 6.04 Å². The molecule has 0 saturated carbocycles. The monoisotopic (exact) mass is 509 g/mol. The third-order valence-corrected chi connectivity index (χ3v) is 7.93. The minimum Gasteiger partial charge on any atom is -0.377 e. The number of aryl methyl sites for hydroxylation is 2. The van der Waals surface area contributed by atoms with Gasteiger partial charge in [0.2, 0.25) is 0 Å². The van der Waals surface area contributed by atoms with Gasteiger partial charge >= 0.3 is 0 Å². The number of ketones is 1. The number of nitrogens with one attached hydrogen (secondary N) is 1. The van der Waals surface area contributed by atoms with Crippen molar-refractivity contribution in [3.05, 3.63) is 58.5 Å². The lowest BCUT2D eigenvalue weighted by Gasteiger charge is -2.29. The number of aromatic nitrogens is 1. The number of benzene rings is 1. The number of ether oxygens (including phenoxy) is 2. The van der Waals surface area contributed by atoms with Crippen LogP contribution in [-0.4, -0.2) is 54.6 Å². The number of halogens is 1. The fourth-order valence-corrected chi connectivity index (χ4v) is 6.04. The molecule has 4 heterocycles. The summed E-state index contributed by atoms with van der Waals surface area (Å²) in [4.78, 5) is 19.7. The standard InChI is InChI=1S/C30H40FN3O3/c1-21(35)29(27-19-23(31)11-13-26(27)28-9-6-18-37-28)34-16-14-25(20-34)36-17-4-2-3-8-24-12-10-22-7-5-15-32-30(22)33-24/h10-13,19,25,28-29H,2-9,14-18,20H2,1H3,(H,32,33)/t25-,28+,29+/m1/s1. The number of Topliss-reactive ketones (excluding diaryl/α,β-unsaturated/α-hetero) is 1. The topological polar surface area (TPSA) is 63.7 Å². The van der Waals surface area contributed by atoms with E-state index in [1.165, 1.54) is 24.1 Å². The molecule has 2 saturated heterocycles. The first-order valence-electron chi connectivity index (χ1n) is 14.1. The second kappa shape index (κ2) is 12.5. The maximum Gasteiger partial charge on any atom is 0.151 e. The molecule has 3 atom stereocenters. The minimum atomic E-state index is -0.456. The van der Waals surface area contributed by atoms with Gasteiger partial charge in [0.15, 0.2) is 5.78 Å². The highest BCUT2D eigenvalue weighted by atomic mass is 19.1. The molecule has 3 aliphatic rings. The molecule has 0 unspecified atom stereocenters. The van der Waals surface area contributed by atoms with Crippen molar-refractivity contribution < 1.29 is 18.7 Å². The summed E-state index contributed by atoms with van der Waals surface area (Å²) < 4.78 is 26.4. The number of rotatable bonds is 11. The molecule has 0 aliphatic carbocycles. The van der Waals surface area contributed by atoms with Crippen LogP contribution in [0.4, 0.5) is 10.2 Å². The van der Waals surface area contributed by atoms with E-state index in [0.29, 0.717) is 13.2 Å². The summed E-state index contributed by atoms with van der Waals surface area (Å²) in [5.41, 5.74) is 4.20. The van der Waals surface area contributed by atoms with E-state index in [1.54, 1.807) is 13.0 Å². The van der Waals surface area contributed by atoms with Crippen molar-refractivity contribution in [2.24, 2.45) is 0 Å². The molecule has 1 aromatic carbocycles. The van der Waals surface area contributed by atoms with Gasteiger partial charge in [-0.2, -0.15) is 0 Å². The second-order valence-corrected chi connectivity index (χ2v) is 10.7. The summed E-state index contributed by atoms with van der Waals surface area (Å²) >= 11 is 0. The van der Waals surface area contributed by atoms with Crippen molar-refractivity contribution in [3.63, 3.8) is 0 Å². The highest BCUT2D eigenvalue weighted by molar-refractivity contribution is 5.83. The highest BCUT2D eigenvalue weighted by Gasteiger charge is 2.35. The third kappa shape index (κ3) is 6.57. The van der Waals surface area contributed by atoms with E-state index >= 15 is 0 Å². The molecule has 0 spiro atoms. The average molecular weight is 510 g/mol. The van der Waals surface area contributed by atoms with Gasteiger partial charge in [0.1, 0.15) is 11.6 Å². The number of hydrogen-bond donors (Lipinski definition) is 1. The van der Waals surface area contributed by atoms with Crippen LogP contribution in [0.1, 0.15) is 86.4 Å². The first-order valence-corrected chi connectivity index (χ1v) is 14.1. The van der Waals surface area contributed by atoms with Crippen LogP contribution in [0.5, 0.6) is 0 Å². The molecule has 1 N–H and O–H groups in total. The van der Waals surface area contributed by atoms with Crippen molar-refractivity contribution >= 4 is 11.6 Å². The van der Waals surface area contributed by atoms with Gasteiger partial charge in [-0.15, -0.1) is 0 Å². The van der Waals surface area contributed by atoms with E-state index in [0.717, 1.165) is 93.7 Å². The molecule has 200 valence electrons. The smallest absolute Gasteiger partial charge is 0.151 e. The van der Waals surface area contributed by atoms with E-state index in [4.69, 9.17) is 14.5 Å². The average Bonchev–Trinajstić information content (AvgIpc) is 3.59. The summed E-state index contributed by atoms with van der Waals surface area (Å²) in [7, 11) is 0. The van der Waals surface area contributed by atoms with E-state index in [9.17, 15) is 9.18 Å². The van der Waals surface area contributed by atoms with Gasteiger partial charge in [0, 0.05) is 38.5 Å². The molecule has 0 radical (unpaired) electrons. The lowest BCUT2D eigenvalue weighted by Crippen LogP contribution is -2.33. The van der Waals surface area contributed by atoms with Gasteiger partial charge < -0.3 is 14.8 Å². The second-order valence-electron chi connectivity index (χ2n) is 10.7. The summed E-state index contributed by atoms with van der Waals surface area (Å²) in [6.45, 7) is 5.53. The van der Waals surface area contributed by atoms with Gasteiger partial charge in [-0.05, 0) is 93.2 Å². The van der Waals surface area contributed by atoms with Crippen molar-refractivity contribution in [2.45, 2.75) is 83.0 Å². The first-order chi connectivity index (χ1) is 18.1. The number of carbonyl (C=O) groups excluding carboxylic acids is 1. The van der Waals surface area contributed by atoms with Gasteiger partial charge in [0.05, 0.1) is 18.2 Å². The highest BCUT2D eigenvalue weighted by Crippen LogP contribution is 2.37. The number of unbranched alkanes of at least 4 members (excludes halogenated alkanes) is 2. The summed E-state index contributed by atoms with van der Waals surface area (Å²) in [6.07, 6.45) is 9.37. The van der Waals surface area contributed by atoms with Crippen LogP contribution in [0.25, 0.3) is 0 Å². The van der Waals surface area contributed by atoms with Crippen molar-refractivity contribution in [2.75, 3.05) is 38.2 Å². The summed E-state index contributed by atoms with van der Waals surface area (Å²) in [6, 6.07) is 8.75. The van der Waals surface area contributed by atoms with Crippen LogP contribution in [0.2, 0.25) is 0 Å². The Morgan fingerprint density at radius 1 is 1.22 bits per heavy atom. The lowest BCUT2D eigenvalue weighted by atomic mass is 9.92. The Kier molecular flexibility index (Phi) is 8.85. The van der Waals surface area contributed by atoms with Gasteiger partial charge in [-0.3, -0.25) is 9.69 Å². The number of likely N-dealkylation sites (tertiary alicyclic amines) is 1. The molecule has 3 aliphatic heterocycles. The molecule has 0 amide bonds. The van der Waals surface area contributed by atoms with Crippen LogP contribution < -0.4 is 5.32 Å². The zero-order chi connectivity index (χ0) is 25.6. The predicted octanol–water partition coefficient (Wildman–Crippen LogP) is 5.56. The van der Waals surface area contributed by atoms with Crippen LogP contribution in [-0.2, 0) is 27.1 Å². The SMILES string of the molecule is CC(=O)[C@@H](c1cc(F)ccc1[C@@H]1CCCO1)N1CC[C@@H](OCCCCCc2ccc3c(n2)NCCC3)C1. The van der Waals surface area contributed by atoms with Crippen molar-refractivity contribution in [1.29, 1.82) is 0 Å². The normalized spacial score (nSPS) is 22.5. The van der Waals surface area contributed by atoms with Crippen LogP contribution in [0, 0.1) is 5.82 Å². The van der Waals surface area contributed by atoms with E-state index in [1.807, 2.05) is 0 Å². The zero-order valence-electron chi connectivity index (χ0n) is 22.0. The maximum atomic E-state index is 14.3. The number of anilines is 1. The Morgan fingerprint density at radius 2 is 2.14 bits per heavy atom. The Labute approximate surface area is 219 Å². The number of pyridine rings is 1. The molecule has 2 fully saturated rings. The van der Waals surface area contributed by atoms with Crippen molar-refractivity contribution in [1.82, 2.24) is 9.88 Å². The molecule has 1 aromatic heterocycles. The first kappa shape index (κ1) is 26.3. The molecule has 37 heavy (non-hydrogen) atoms. The Balaban J connectivity index is 1.08. The lowest BCUT2D eigenvalue weighted by molar-refractivity contribution is -0.122. The Morgan fingerprint density at radius 3 is 2.97 bits per heavy atom. The fraction of sp³-hybridized carbons (Fsp3) is 0.600. The number of fused-ring (bicyclic) bond motifs is 1. The maximum absolute atomic E-state index is 14.3. The molecule has 2 aromatic rings. The van der Waals surface area contributed by atoms with Crippen LogP contribution in [0.3, 0.4) is 0 Å². The number of nitrogens with zero attached hydrogens (tertiary/aromatic N) is 2. The van der Waals surface area contributed by atoms with Gasteiger partial charge in [0.25, 0.3) is 0 Å². The Hall–Kier alpha value is -2.35. The number of hydrogen-bond acceptors (Lipinski definition) is 6. The largest absolute Gasteiger partial charge is 0.377 e. The van der Waals surface area contributed by atoms with Crippen LogP contribution in [0.15, 0.2) is 30.3 Å². The molecule has 5 rings (SSSR count). The summed E-state index contributed by atoms with van der Waals surface area (Å²) in [5.74, 6) is 0.802. The van der Waals surface area contributed by atoms with Gasteiger partial charge in [-0.1, -0.05) is 18.6 Å². The molecular weight excluding hydrogens is 469 g/mol. The number of carbonyl (C=O) groups is 1. The van der Waals surface area contributed by atoms with Crippen LogP contribution >= 0.6 is 0 Å². The van der Waals surface area contributed by atoms with E-state index in [-0.39, 0.29) is 23.8 Å². The minimum absolute atomic E-state index is 0.0384. The van der Waals surface area contributed by atoms with Crippen molar-refractivity contribution in [3.8, 4) is 0 Å². The quantitative estimate of drug-likeness (QED) is 0.400. The molecular formula is C30H40FN3O3. The third-order valence-electron chi connectivity index (χ3n) is 7.93. The fourth-order valence-electron chi connectivity index (χ4n) is 6.04. The molecule has 6 nitrogen and oxygen atoms in total. The zero-order valence-corrected chi connectivity index (χ0v) is 22.0. The Bertz CT molecular complexity index is 1070.